The van der Waals surface area contributed by atoms with Gasteiger partial charge >= 0.3 is 0 Å². The van der Waals surface area contributed by atoms with Crippen molar-refractivity contribution < 1.29 is 4.79 Å². The lowest BCUT2D eigenvalue weighted by atomic mass is 9.94. The van der Waals surface area contributed by atoms with Crippen molar-refractivity contribution in [3.8, 4) is 5.82 Å². The molecule has 0 spiro atoms. The zero-order chi connectivity index (χ0) is 14.7. The first-order chi connectivity index (χ1) is 10.2. The van der Waals surface area contributed by atoms with Crippen LogP contribution in [0.2, 0.25) is 0 Å². The summed E-state index contributed by atoms with van der Waals surface area (Å²) in [5, 5.41) is 2.88. The van der Waals surface area contributed by atoms with Crippen molar-refractivity contribution in [2.45, 2.75) is 26.2 Å². The Kier molecular flexibility index (Phi) is 3.77. The molecule has 2 aromatic heterocycles. The van der Waals surface area contributed by atoms with Crippen LogP contribution in [0.15, 0.2) is 36.9 Å². The van der Waals surface area contributed by atoms with E-state index in [4.69, 9.17) is 0 Å². The number of imidazole rings is 1. The van der Waals surface area contributed by atoms with Gasteiger partial charge in [-0.05, 0) is 26.2 Å². The maximum Gasteiger partial charge on any atom is 0.228 e. The van der Waals surface area contributed by atoms with Gasteiger partial charge in [-0.3, -0.25) is 9.36 Å². The molecule has 0 bridgehead atoms. The summed E-state index contributed by atoms with van der Waals surface area (Å²) in [6, 6.07) is 1.76. The lowest BCUT2D eigenvalue weighted by Crippen LogP contribution is -2.24. The second-order valence-electron chi connectivity index (χ2n) is 5.08. The Morgan fingerprint density at radius 3 is 2.95 bits per heavy atom. The summed E-state index contributed by atoms with van der Waals surface area (Å²) in [5.74, 6) is 2.10. The lowest BCUT2D eigenvalue weighted by molar-refractivity contribution is -0.120. The van der Waals surface area contributed by atoms with Crippen molar-refractivity contribution >= 4 is 11.7 Å². The van der Waals surface area contributed by atoms with Crippen LogP contribution in [0, 0.1) is 12.8 Å². The van der Waals surface area contributed by atoms with E-state index in [1.165, 1.54) is 6.33 Å². The van der Waals surface area contributed by atoms with Crippen LogP contribution < -0.4 is 5.32 Å². The monoisotopic (exact) mass is 283 g/mol. The van der Waals surface area contributed by atoms with Crippen LogP contribution in [-0.2, 0) is 4.79 Å². The Morgan fingerprint density at radius 2 is 2.24 bits per heavy atom. The number of carbonyl (C=O) groups excluding carboxylic acids is 1. The van der Waals surface area contributed by atoms with Gasteiger partial charge in [0, 0.05) is 24.4 Å². The minimum Gasteiger partial charge on any atom is -0.310 e. The third-order valence-corrected chi connectivity index (χ3v) is 3.62. The van der Waals surface area contributed by atoms with Crippen LogP contribution in [0.1, 0.15) is 25.1 Å². The number of aromatic nitrogens is 4. The smallest absolute Gasteiger partial charge is 0.228 e. The second-order valence-corrected chi connectivity index (χ2v) is 5.08. The van der Waals surface area contributed by atoms with E-state index >= 15 is 0 Å². The predicted molar refractivity (Wildman–Crippen MR) is 79.0 cm³/mol. The summed E-state index contributed by atoms with van der Waals surface area (Å²) >= 11 is 0. The van der Waals surface area contributed by atoms with E-state index < -0.39 is 0 Å². The fraction of sp³-hybridized carbons (Fsp3) is 0.333. The van der Waals surface area contributed by atoms with E-state index in [-0.39, 0.29) is 11.8 Å². The lowest BCUT2D eigenvalue weighted by Gasteiger charge is -2.17. The molecule has 3 rings (SSSR count). The van der Waals surface area contributed by atoms with Crippen molar-refractivity contribution in [2.24, 2.45) is 5.92 Å². The maximum absolute atomic E-state index is 12.2. The second kappa shape index (κ2) is 5.87. The number of amides is 1. The van der Waals surface area contributed by atoms with Crippen molar-refractivity contribution in [3.63, 3.8) is 0 Å². The molecule has 0 aromatic carbocycles. The van der Waals surface area contributed by atoms with Gasteiger partial charge in [-0.2, -0.15) is 0 Å². The normalized spacial score (nSPS) is 17.7. The number of carbonyl (C=O) groups is 1. The number of hydrogen-bond acceptors (Lipinski definition) is 4. The molecule has 1 aliphatic carbocycles. The molecule has 0 aliphatic heterocycles. The summed E-state index contributed by atoms with van der Waals surface area (Å²) < 4.78 is 1.85. The molecule has 1 unspecified atom stereocenters. The molecule has 2 aromatic rings. The first-order valence-electron chi connectivity index (χ1n) is 7.02. The van der Waals surface area contributed by atoms with Crippen LogP contribution in [-0.4, -0.2) is 25.4 Å². The van der Waals surface area contributed by atoms with Crippen LogP contribution in [0.5, 0.6) is 0 Å². The van der Waals surface area contributed by atoms with Crippen molar-refractivity contribution in [1.82, 2.24) is 19.5 Å². The summed E-state index contributed by atoms with van der Waals surface area (Å²) in [6.07, 6.45) is 11.8. The number of nitrogens with zero attached hydrogens (tertiary/aromatic N) is 4. The molecule has 2 heterocycles. The molecular formula is C15H17N5O. The number of rotatable bonds is 3. The van der Waals surface area contributed by atoms with Crippen LogP contribution in [0.4, 0.5) is 5.82 Å². The minimum absolute atomic E-state index is 0.0198. The number of hydrogen-bond donors (Lipinski definition) is 1. The average Bonchev–Trinajstić information content (AvgIpc) is 2.94. The molecule has 0 saturated carbocycles. The van der Waals surface area contributed by atoms with E-state index in [1.54, 1.807) is 12.3 Å². The molecule has 21 heavy (non-hydrogen) atoms. The van der Waals surface area contributed by atoms with Gasteiger partial charge in [-0.1, -0.05) is 12.2 Å². The standard InChI is InChI=1S/C15H17N5O/c1-11-16-7-8-20(11)14-9-13(17-10-18-14)19-15(21)12-5-3-2-4-6-12/h2-3,7-10,12H,4-6H2,1H3,(H,17,18,19,21). The van der Waals surface area contributed by atoms with Gasteiger partial charge in [0.2, 0.25) is 5.91 Å². The average molecular weight is 283 g/mol. The SMILES string of the molecule is Cc1nccn1-c1cc(NC(=O)C2CC=CCC2)ncn1. The Labute approximate surface area is 123 Å². The highest BCUT2D eigenvalue weighted by Crippen LogP contribution is 2.20. The third kappa shape index (κ3) is 2.99. The maximum atomic E-state index is 12.2. The molecule has 1 aliphatic rings. The van der Waals surface area contributed by atoms with Gasteiger partial charge in [0.05, 0.1) is 0 Å². The van der Waals surface area contributed by atoms with Gasteiger partial charge in [-0.25, -0.2) is 15.0 Å². The zero-order valence-corrected chi connectivity index (χ0v) is 11.9. The van der Waals surface area contributed by atoms with Crippen molar-refractivity contribution in [3.05, 3.63) is 42.8 Å². The molecule has 0 fully saturated rings. The van der Waals surface area contributed by atoms with Gasteiger partial charge in [0.1, 0.15) is 23.8 Å². The quantitative estimate of drug-likeness (QED) is 0.877. The molecular weight excluding hydrogens is 266 g/mol. The number of aryl methyl sites for hydroxylation is 1. The molecule has 108 valence electrons. The summed E-state index contributed by atoms with van der Waals surface area (Å²) in [6.45, 7) is 1.90. The highest BCUT2D eigenvalue weighted by Gasteiger charge is 2.19. The topological polar surface area (TPSA) is 72.7 Å². The largest absolute Gasteiger partial charge is 0.310 e. The third-order valence-electron chi connectivity index (χ3n) is 3.62. The van der Waals surface area contributed by atoms with E-state index in [2.05, 4.69) is 32.4 Å². The predicted octanol–water partition coefficient (Wildman–Crippen LogP) is 2.27. The van der Waals surface area contributed by atoms with Gasteiger partial charge in [0.25, 0.3) is 0 Å². The fourth-order valence-corrected chi connectivity index (χ4v) is 2.43. The molecule has 1 amide bonds. The highest BCUT2D eigenvalue weighted by molar-refractivity contribution is 5.92. The van der Waals surface area contributed by atoms with E-state index in [1.807, 2.05) is 17.7 Å². The summed E-state index contributed by atoms with van der Waals surface area (Å²) in [5.41, 5.74) is 0. The Bertz CT molecular complexity index is 676. The number of anilines is 1. The Hall–Kier alpha value is -2.50. The first kappa shape index (κ1) is 13.5. The molecule has 1 N–H and O–H groups in total. The molecule has 6 nitrogen and oxygen atoms in total. The summed E-state index contributed by atoms with van der Waals surface area (Å²) in [4.78, 5) is 24.7. The molecule has 0 radical (unpaired) electrons. The van der Waals surface area contributed by atoms with E-state index in [9.17, 15) is 4.79 Å². The highest BCUT2D eigenvalue weighted by atomic mass is 16.1. The van der Waals surface area contributed by atoms with Crippen LogP contribution in [0.25, 0.3) is 5.82 Å². The molecule has 0 saturated heterocycles. The molecule has 6 heteroatoms. The number of nitrogens with one attached hydrogen (secondary N) is 1. The van der Waals surface area contributed by atoms with E-state index in [0.717, 1.165) is 25.1 Å². The van der Waals surface area contributed by atoms with E-state index in [0.29, 0.717) is 11.6 Å². The fourth-order valence-electron chi connectivity index (χ4n) is 2.43. The minimum atomic E-state index is 0.0198. The number of allylic oxidation sites excluding steroid dienone is 2. The van der Waals surface area contributed by atoms with Gasteiger partial charge in [0.15, 0.2) is 0 Å². The van der Waals surface area contributed by atoms with Crippen LogP contribution >= 0.6 is 0 Å². The van der Waals surface area contributed by atoms with Gasteiger partial charge < -0.3 is 5.32 Å². The summed E-state index contributed by atoms with van der Waals surface area (Å²) in [7, 11) is 0. The van der Waals surface area contributed by atoms with Gasteiger partial charge in [-0.15, -0.1) is 0 Å². The van der Waals surface area contributed by atoms with Crippen molar-refractivity contribution in [1.29, 1.82) is 0 Å². The molecule has 1 atom stereocenters. The zero-order valence-electron chi connectivity index (χ0n) is 11.9. The first-order valence-corrected chi connectivity index (χ1v) is 7.02. The van der Waals surface area contributed by atoms with Crippen LogP contribution in [0.3, 0.4) is 0 Å². The Balaban J connectivity index is 1.76. The Morgan fingerprint density at radius 1 is 1.33 bits per heavy atom. The van der Waals surface area contributed by atoms with Crippen molar-refractivity contribution in [2.75, 3.05) is 5.32 Å².